The molecule has 1 heterocycles. The number of hydrogen-bond acceptors (Lipinski definition) is 4. The number of nitrogens with one attached hydrogen (secondary N) is 1. The minimum atomic E-state index is -0.0134. The highest BCUT2D eigenvalue weighted by atomic mass is 16.5. The van der Waals surface area contributed by atoms with E-state index in [0.717, 1.165) is 38.3 Å². The van der Waals surface area contributed by atoms with Crippen LogP contribution in [-0.2, 0) is 0 Å². The molecule has 0 saturated carbocycles. The van der Waals surface area contributed by atoms with Gasteiger partial charge in [-0.2, -0.15) is 0 Å². The number of methoxy groups -OCH3 is 1. The SMILES string of the molecule is COc1ccc(C(=O)NCC(CC(C)C)N2CCN(C)CC2)cc1. The van der Waals surface area contributed by atoms with Gasteiger partial charge < -0.3 is 15.0 Å². The van der Waals surface area contributed by atoms with Crippen LogP contribution >= 0.6 is 0 Å². The van der Waals surface area contributed by atoms with Crippen LogP contribution in [0.5, 0.6) is 5.75 Å². The highest BCUT2D eigenvalue weighted by Crippen LogP contribution is 2.14. The fourth-order valence-electron chi connectivity index (χ4n) is 3.15. The maximum absolute atomic E-state index is 12.4. The molecule has 5 nitrogen and oxygen atoms in total. The summed E-state index contributed by atoms with van der Waals surface area (Å²) >= 11 is 0. The fourth-order valence-corrected chi connectivity index (χ4v) is 3.15. The van der Waals surface area contributed by atoms with Gasteiger partial charge in [-0.25, -0.2) is 0 Å². The minimum absolute atomic E-state index is 0.0134. The molecule has 1 aliphatic rings. The van der Waals surface area contributed by atoms with Crippen molar-refractivity contribution >= 4 is 5.91 Å². The highest BCUT2D eigenvalue weighted by Gasteiger charge is 2.23. The Morgan fingerprint density at radius 3 is 2.33 bits per heavy atom. The number of rotatable bonds is 7. The van der Waals surface area contributed by atoms with E-state index >= 15 is 0 Å². The molecule has 5 heteroatoms. The van der Waals surface area contributed by atoms with Crippen molar-refractivity contribution in [1.29, 1.82) is 0 Å². The fraction of sp³-hybridized carbons (Fsp3) is 0.632. The monoisotopic (exact) mass is 333 g/mol. The molecule has 1 N–H and O–H groups in total. The summed E-state index contributed by atoms with van der Waals surface area (Å²) in [4.78, 5) is 17.3. The molecule has 1 atom stereocenters. The van der Waals surface area contributed by atoms with Crippen LogP contribution in [-0.4, -0.2) is 68.6 Å². The van der Waals surface area contributed by atoms with Gasteiger partial charge >= 0.3 is 0 Å². The number of likely N-dealkylation sites (N-methyl/N-ethyl adjacent to an activating group) is 1. The second-order valence-corrected chi connectivity index (χ2v) is 7.06. The van der Waals surface area contributed by atoms with Crippen molar-refractivity contribution in [2.45, 2.75) is 26.3 Å². The molecule has 0 aromatic heterocycles. The molecule has 0 spiro atoms. The Labute approximate surface area is 146 Å². The van der Waals surface area contributed by atoms with Gasteiger partial charge in [-0.1, -0.05) is 13.8 Å². The quantitative estimate of drug-likeness (QED) is 0.830. The first-order valence-corrected chi connectivity index (χ1v) is 8.84. The first-order chi connectivity index (χ1) is 11.5. The second-order valence-electron chi connectivity index (χ2n) is 7.06. The van der Waals surface area contributed by atoms with Gasteiger partial charge in [0.05, 0.1) is 7.11 Å². The summed E-state index contributed by atoms with van der Waals surface area (Å²) < 4.78 is 5.14. The van der Waals surface area contributed by atoms with E-state index in [-0.39, 0.29) is 5.91 Å². The third kappa shape index (κ3) is 5.49. The molecule has 24 heavy (non-hydrogen) atoms. The zero-order valence-electron chi connectivity index (χ0n) is 15.4. The van der Waals surface area contributed by atoms with Crippen LogP contribution < -0.4 is 10.1 Å². The van der Waals surface area contributed by atoms with Gasteiger partial charge in [-0.15, -0.1) is 0 Å². The number of amides is 1. The van der Waals surface area contributed by atoms with Gasteiger partial charge in [0.15, 0.2) is 0 Å². The number of piperazine rings is 1. The normalized spacial score (nSPS) is 17.7. The molecule has 1 saturated heterocycles. The molecule has 1 amide bonds. The van der Waals surface area contributed by atoms with Gasteiger partial charge in [-0.05, 0) is 43.7 Å². The number of carbonyl (C=O) groups excluding carboxylic acids is 1. The average Bonchev–Trinajstić information content (AvgIpc) is 2.59. The number of ether oxygens (including phenoxy) is 1. The molecule has 1 aromatic rings. The molecule has 0 radical (unpaired) electrons. The summed E-state index contributed by atoms with van der Waals surface area (Å²) in [5.74, 6) is 1.37. The van der Waals surface area contributed by atoms with Crippen LogP contribution in [0, 0.1) is 5.92 Å². The summed E-state index contributed by atoms with van der Waals surface area (Å²) in [5, 5.41) is 3.12. The Balaban J connectivity index is 1.92. The van der Waals surface area contributed by atoms with Gasteiger partial charge in [0, 0.05) is 44.3 Å². The molecule has 1 fully saturated rings. The van der Waals surface area contributed by atoms with Crippen LogP contribution in [0.15, 0.2) is 24.3 Å². The Morgan fingerprint density at radius 2 is 1.79 bits per heavy atom. The smallest absolute Gasteiger partial charge is 0.251 e. The molecule has 0 bridgehead atoms. The summed E-state index contributed by atoms with van der Waals surface area (Å²) in [6.45, 7) is 9.54. The molecular formula is C19H31N3O2. The van der Waals surface area contributed by atoms with E-state index in [4.69, 9.17) is 4.74 Å². The third-order valence-corrected chi connectivity index (χ3v) is 4.65. The first-order valence-electron chi connectivity index (χ1n) is 8.84. The number of carbonyl (C=O) groups is 1. The van der Waals surface area contributed by atoms with E-state index in [2.05, 4.69) is 36.0 Å². The molecular weight excluding hydrogens is 302 g/mol. The zero-order valence-corrected chi connectivity index (χ0v) is 15.4. The highest BCUT2D eigenvalue weighted by molar-refractivity contribution is 5.94. The van der Waals surface area contributed by atoms with Crippen molar-refractivity contribution in [3.05, 3.63) is 29.8 Å². The lowest BCUT2D eigenvalue weighted by molar-refractivity contribution is 0.0850. The van der Waals surface area contributed by atoms with Crippen molar-refractivity contribution in [1.82, 2.24) is 15.1 Å². The summed E-state index contributed by atoms with van der Waals surface area (Å²) in [6, 6.07) is 7.66. The second kappa shape index (κ2) is 9.04. The van der Waals surface area contributed by atoms with Gasteiger partial charge in [0.1, 0.15) is 5.75 Å². The predicted octanol–water partition coefficient (Wildman–Crippen LogP) is 2.09. The van der Waals surface area contributed by atoms with E-state index in [0.29, 0.717) is 24.1 Å². The van der Waals surface area contributed by atoms with Gasteiger partial charge in [-0.3, -0.25) is 9.69 Å². The Kier molecular flexibility index (Phi) is 7.06. The number of hydrogen-bond donors (Lipinski definition) is 1. The van der Waals surface area contributed by atoms with Gasteiger partial charge in [0.2, 0.25) is 0 Å². The van der Waals surface area contributed by atoms with E-state index in [9.17, 15) is 4.79 Å². The molecule has 2 rings (SSSR count). The van der Waals surface area contributed by atoms with Crippen molar-refractivity contribution in [3.8, 4) is 5.75 Å². The molecule has 1 aliphatic heterocycles. The lowest BCUT2D eigenvalue weighted by Crippen LogP contribution is -2.52. The zero-order chi connectivity index (χ0) is 17.5. The standard InChI is InChI=1S/C19H31N3O2/c1-15(2)13-17(22-11-9-21(3)10-12-22)14-20-19(23)16-5-7-18(24-4)8-6-16/h5-8,15,17H,9-14H2,1-4H3,(H,20,23). The molecule has 1 aromatic carbocycles. The van der Waals surface area contributed by atoms with Crippen LogP contribution in [0.4, 0.5) is 0 Å². The van der Waals surface area contributed by atoms with Crippen molar-refractivity contribution < 1.29 is 9.53 Å². The van der Waals surface area contributed by atoms with Crippen LogP contribution in [0.25, 0.3) is 0 Å². The lowest BCUT2D eigenvalue weighted by atomic mass is 10.0. The first kappa shape index (κ1) is 18.7. The largest absolute Gasteiger partial charge is 0.497 e. The van der Waals surface area contributed by atoms with Crippen LogP contribution in [0.3, 0.4) is 0 Å². The topological polar surface area (TPSA) is 44.8 Å². The van der Waals surface area contributed by atoms with E-state index < -0.39 is 0 Å². The predicted molar refractivity (Wildman–Crippen MR) is 97.6 cm³/mol. The maximum atomic E-state index is 12.4. The van der Waals surface area contributed by atoms with Crippen molar-refractivity contribution in [2.75, 3.05) is 46.9 Å². The van der Waals surface area contributed by atoms with E-state index in [1.807, 2.05) is 24.3 Å². The van der Waals surface area contributed by atoms with E-state index in [1.165, 1.54) is 0 Å². The van der Waals surface area contributed by atoms with Gasteiger partial charge in [0.25, 0.3) is 5.91 Å². The van der Waals surface area contributed by atoms with E-state index in [1.54, 1.807) is 7.11 Å². The number of benzene rings is 1. The summed E-state index contributed by atoms with van der Waals surface area (Å²) in [7, 11) is 3.79. The Bertz CT molecular complexity index is 508. The summed E-state index contributed by atoms with van der Waals surface area (Å²) in [5.41, 5.74) is 0.678. The molecule has 1 unspecified atom stereocenters. The molecule has 0 aliphatic carbocycles. The summed E-state index contributed by atoms with van der Waals surface area (Å²) in [6.07, 6.45) is 1.10. The average molecular weight is 333 g/mol. The number of nitrogens with zero attached hydrogens (tertiary/aromatic N) is 2. The van der Waals surface area contributed by atoms with Crippen molar-refractivity contribution in [3.63, 3.8) is 0 Å². The van der Waals surface area contributed by atoms with Crippen molar-refractivity contribution in [2.24, 2.45) is 5.92 Å². The Hall–Kier alpha value is -1.59. The maximum Gasteiger partial charge on any atom is 0.251 e. The van der Waals surface area contributed by atoms with Crippen LogP contribution in [0.1, 0.15) is 30.6 Å². The van der Waals surface area contributed by atoms with Crippen LogP contribution in [0.2, 0.25) is 0 Å². The third-order valence-electron chi connectivity index (χ3n) is 4.65. The molecule has 134 valence electrons. The Morgan fingerprint density at radius 1 is 1.17 bits per heavy atom. The lowest BCUT2D eigenvalue weighted by Gasteiger charge is -2.38. The minimum Gasteiger partial charge on any atom is -0.497 e.